The summed E-state index contributed by atoms with van der Waals surface area (Å²) in [7, 11) is 3.05. The van der Waals surface area contributed by atoms with Gasteiger partial charge < -0.3 is 19.7 Å². The molecule has 0 heterocycles. The molecule has 28 heavy (non-hydrogen) atoms. The number of carbonyl (C=O) groups excluding carboxylic acids is 3. The lowest BCUT2D eigenvalue weighted by Crippen LogP contribution is -2.32. The van der Waals surface area contributed by atoms with Crippen LogP contribution in [0, 0.1) is 0 Å². The maximum absolute atomic E-state index is 12.4. The van der Waals surface area contributed by atoms with Crippen molar-refractivity contribution in [1.82, 2.24) is 0 Å². The van der Waals surface area contributed by atoms with Crippen LogP contribution in [0.4, 0.5) is 11.4 Å². The van der Waals surface area contributed by atoms with Crippen LogP contribution < -0.4 is 19.7 Å². The zero-order chi connectivity index (χ0) is 20.7. The minimum Gasteiger partial charge on any atom is -0.497 e. The average Bonchev–Trinajstić information content (AvgIpc) is 2.68. The summed E-state index contributed by atoms with van der Waals surface area (Å²) < 4.78 is 10.4. The summed E-state index contributed by atoms with van der Waals surface area (Å²) in [6, 6.07) is 11.8. The molecule has 0 atom stereocenters. The van der Waals surface area contributed by atoms with Crippen LogP contribution in [0.3, 0.4) is 0 Å². The quantitative estimate of drug-likeness (QED) is 0.706. The number of carbonyl (C=O) groups is 3. The summed E-state index contributed by atoms with van der Waals surface area (Å²) >= 11 is 0. The molecule has 2 aromatic carbocycles. The molecule has 0 fully saturated rings. The van der Waals surface area contributed by atoms with Gasteiger partial charge in [0.1, 0.15) is 11.5 Å². The molecule has 0 aromatic heterocycles. The number of nitrogens with one attached hydrogen (secondary N) is 1. The van der Waals surface area contributed by atoms with Gasteiger partial charge in [-0.15, -0.1) is 0 Å². The molecule has 0 radical (unpaired) electrons. The van der Waals surface area contributed by atoms with Crippen LogP contribution in [-0.4, -0.2) is 38.4 Å². The van der Waals surface area contributed by atoms with Crippen LogP contribution in [0.1, 0.15) is 30.6 Å². The maximum Gasteiger partial charge on any atom is 0.226 e. The minimum absolute atomic E-state index is 0.0475. The van der Waals surface area contributed by atoms with Crippen molar-refractivity contribution in [3.63, 3.8) is 0 Å². The lowest BCUT2D eigenvalue weighted by molar-refractivity contribution is -0.117. The van der Waals surface area contributed by atoms with Crippen LogP contribution in [0.2, 0.25) is 0 Å². The third-order valence-electron chi connectivity index (χ3n) is 4.21. The molecule has 148 valence electrons. The van der Waals surface area contributed by atoms with Crippen molar-refractivity contribution in [2.75, 3.05) is 31.0 Å². The van der Waals surface area contributed by atoms with E-state index in [1.165, 1.54) is 25.9 Å². The predicted molar refractivity (Wildman–Crippen MR) is 107 cm³/mol. The smallest absolute Gasteiger partial charge is 0.226 e. The fourth-order valence-corrected chi connectivity index (χ4v) is 2.67. The number of benzene rings is 2. The Labute approximate surface area is 164 Å². The van der Waals surface area contributed by atoms with E-state index in [1.54, 1.807) is 49.6 Å². The van der Waals surface area contributed by atoms with Crippen LogP contribution in [0.15, 0.2) is 42.5 Å². The first-order chi connectivity index (χ1) is 13.3. The lowest BCUT2D eigenvalue weighted by atomic mass is 10.1. The Morgan fingerprint density at radius 2 is 1.64 bits per heavy atom. The van der Waals surface area contributed by atoms with Crippen LogP contribution >= 0.6 is 0 Å². The number of rotatable bonds is 8. The van der Waals surface area contributed by atoms with Gasteiger partial charge in [-0.05, 0) is 43.3 Å². The second kappa shape index (κ2) is 9.55. The summed E-state index contributed by atoms with van der Waals surface area (Å²) in [4.78, 5) is 37.2. The van der Waals surface area contributed by atoms with Crippen LogP contribution in [0.5, 0.6) is 11.5 Å². The van der Waals surface area contributed by atoms with Crippen molar-refractivity contribution in [2.45, 2.75) is 20.3 Å². The number of anilines is 2. The maximum atomic E-state index is 12.4. The summed E-state index contributed by atoms with van der Waals surface area (Å²) in [5.74, 6) is 0.608. The Kier molecular flexibility index (Phi) is 7.14. The largest absolute Gasteiger partial charge is 0.497 e. The van der Waals surface area contributed by atoms with Crippen molar-refractivity contribution in [3.05, 3.63) is 48.0 Å². The van der Waals surface area contributed by atoms with Crippen molar-refractivity contribution in [1.29, 1.82) is 0 Å². The third-order valence-corrected chi connectivity index (χ3v) is 4.21. The molecule has 7 heteroatoms. The second-order valence-corrected chi connectivity index (χ2v) is 6.14. The van der Waals surface area contributed by atoms with Gasteiger partial charge in [0.05, 0.1) is 19.9 Å². The highest BCUT2D eigenvalue weighted by Gasteiger charge is 2.15. The molecule has 2 amide bonds. The van der Waals surface area contributed by atoms with Crippen LogP contribution in [-0.2, 0) is 9.59 Å². The molecular formula is C21H24N2O5. The SMILES string of the molecule is COc1ccc(NC(=O)CCN(C(C)=O)c2ccc(C(C)=O)cc2)c(OC)c1. The van der Waals surface area contributed by atoms with E-state index < -0.39 is 0 Å². The van der Waals surface area contributed by atoms with Crippen molar-refractivity contribution in [3.8, 4) is 11.5 Å². The number of hydrogen-bond acceptors (Lipinski definition) is 5. The van der Waals surface area contributed by atoms with Gasteiger partial charge in [0.2, 0.25) is 11.8 Å². The van der Waals surface area contributed by atoms with Crippen molar-refractivity contribution < 1.29 is 23.9 Å². The Bertz CT molecular complexity index is 862. The number of nitrogens with zero attached hydrogens (tertiary/aromatic N) is 1. The molecule has 0 saturated heterocycles. The fraction of sp³-hybridized carbons (Fsp3) is 0.286. The highest BCUT2D eigenvalue weighted by atomic mass is 16.5. The average molecular weight is 384 g/mol. The number of Topliss-reactive ketones (excluding diaryl/α,β-unsaturated/α-hetero) is 1. The normalized spacial score (nSPS) is 10.1. The van der Waals surface area contributed by atoms with Crippen LogP contribution in [0.25, 0.3) is 0 Å². The molecule has 0 unspecified atom stereocenters. The fourth-order valence-electron chi connectivity index (χ4n) is 2.67. The molecule has 2 aromatic rings. The monoisotopic (exact) mass is 384 g/mol. The van der Waals surface area contributed by atoms with Gasteiger partial charge in [-0.2, -0.15) is 0 Å². The Morgan fingerprint density at radius 3 is 2.18 bits per heavy atom. The molecule has 0 aliphatic heterocycles. The van der Waals surface area contributed by atoms with E-state index in [0.717, 1.165) is 0 Å². The van der Waals surface area contributed by atoms with E-state index in [2.05, 4.69) is 5.32 Å². The van der Waals surface area contributed by atoms with Crippen molar-refractivity contribution >= 4 is 29.0 Å². The first-order valence-corrected chi connectivity index (χ1v) is 8.76. The zero-order valence-corrected chi connectivity index (χ0v) is 16.4. The summed E-state index contributed by atoms with van der Waals surface area (Å²) in [5, 5.41) is 2.78. The standard InChI is InChI=1S/C21H24N2O5/c1-14(24)16-5-7-17(8-6-16)23(15(2)25)12-11-21(26)22-19-10-9-18(27-3)13-20(19)28-4/h5-10,13H,11-12H2,1-4H3,(H,22,26). The Hall–Kier alpha value is -3.35. The molecule has 7 nitrogen and oxygen atoms in total. The van der Waals surface area contributed by atoms with Gasteiger partial charge in [-0.1, -0.05) is 0 Å². The van der Waals surface area contributed by atoms with E-state index in [-0.39, 0.29) is 30.6 Å². The molecule has 0 aliphatic rings. The van der Waals surface area contributed by atoms with E-state index in [4.69, 9.17) is 9.47 Å². The van der Waals surface area contributed by atoms with E-state index in [1.807, 2.05) is 0 Å². The second-order valence-electron chi connectivity index (χ2n) is 6.14. The topological polar surface area (TPSA) is 84.9 Å². The number of amides is 2. The Balaban J connectivity index is 2.04. The summed E-state index contributed by atoms with van der Waals surface area (Å²) in [5.41, 5.74) is 1.72. The molecule has 0 aliphatic carbocycles. The van der Waals surface area contributed by atoms with Crippen molar-refractivity contribution in [2.24, 2.45) is 0 Å². The van der Waals surface area contributed by atoms with E-state index in [9.17, 15) is 14.4 Å². The summed E-state index contributed by atoms with van der Waals surface area (Å²) in [6.07, 6.45) is 0.100. The first kappa shape index (κ1) is 21.0. The van der Waals surface area contributed by atoms with Gasteiger partial charge in [0.25, 0.3) is 0 Å². The summed E-state index contributed by atoms with van der Waals surface area (Å²) in [6.45, 7) is 3.12. The predicted octanol–water partition coefficient (Wildman–Crippen LogP) is 3.29. The van der Waals surface area contributed by atoms with Gasteiger partial charge >= 0.3 is 0 Å². The molecule has 0 bridgehead atoms. The first-order valence-electron chi connectivity index (χ1n) is 8.76. The highest BCUT2D eigenvalue weighted by molar-refractivity contribution is 5.97. The molecule has 0 spiro atoms. The number of hydrogen-bond donors (Lipinski definition) is 1. The molecule has 0 saturated carbocycles. The number of ether oxygens (including phenoxy) is 2. The number of ketones is 1. The highest BCUT2D eigenvalue weighted by Crippen LogP contribution is 2.29. The zero-order valence-electron chi connectivity index (χ0n) is 16.4. The Morgan fingerprint density at radius 1 is 0.964 bits per heavy atom. The lowest BCUT2D eigenvalue weighted by Gasteiger charge is -2.21. The van der Waals surface area contributed by atoms with Gasteiger partial charge in [-0.3, -0.25) is 14.4 Å². The van der Waals surface area contributed by atoms with Gasteiger partial charge in [-0.25, -0.2) is 0 Å². The van der Waals surface area contributed by atoms with E-state index in [0.29, 0.717) is 28.4 Å². The molecule has 1 N–H and O–H groups in total. The molecule has 2 rings (SSSR count). The van der Waals surface area contributed by atoms with Gasteiger partial charge in [0.15, 0.2) is 5.78 Å². The molecular weight excluding hydrogens is 360 g/mol. The minimum atomic E-state index is -0.255. The van der Waals surface area contributed by atoms with Gasteiger partial charge in [0, 0.05) is 37.2 Å². The van der Waals surface area contributed by atoms with E-state index >= 15 is 0 Å². The number of methoxy groups -OCH3 is 2. The third kappa shape index (κ3) is 5.33.